The van der Waals surface area contributed by atoms with E-state index in [4.69, 9.17) is 11.6 Å². The van der Waals surface area contributed by atoms with Gasteiger partial charge >= 0.3 is 0 Å². The second kappa shape index (κ2) is 4.18. The Hall–Kier alpha value is -0.750. The summed E-state index contributed by atoms with van der Waals surface area (Å²) in [5.74, 6) is 0. The van der Waals surface area contributed by atoms with E-state index in [-0.39, 0.29) is 0 Å². The van der Waals surface area contributed by atoms with E-state index >= 15 is 0 Å². The van der Waals surface area contributed by atoms with Gasteiger partial charge in [-0.05, 0) is 43.7 Å². The molecule has 0 bridgehead atoms. The van der Waals surface area contributed by atoms with Gasteiger partial charge in [-0.2, -0.15) is 0 Å². The van der Waals surface area contributed by atoms with Gasteiger partial charge in [-0.25, -0.2) is 0 Å². The van der Waals surface area contributed by atoms with Crippen molar-refractivity contribution < 1.29 is 0 Å². The van der Waals surface area contributed by atoms with E-state index in [9.17, 15) is 0 Å². The molecule has 0 heterocycles. The summed E-state index contributed by atoms with van der Waals surface area (Å²) in [6.07, 6.45) is 4.72. The maximum atomic E-state index is 6.24. The third-order valence-electron chi connectivity index (χ3n) is 2.80. The lowest BCUT2D eigenvalue weighted by molar-refractivity contribution is 0.734. The van der Waals surface area contributed by atoms with Crippen LogP contribution in [0.15, 0.2) is 29.3 Å². The Kier molecular flexibility index (Phi) is 2.93. The fraction of sp³-hybridized carbons (Fsp3) is 0.385. The summed E-state index contributed by atoms with van der Waals surface area (Å²) >= 11 is 6.24. The van der Waals surface area contributed by atoms with Gasteiger partial charge in [-0.3, -0.25) is 0 Å². The number of rotatable bonds is 1. The van der Waals surface area contributed by atoms with E-state index in [1.807, 2.05) is 0 Å². The zero-order chi connectivity index (χ0) is 9.97. The van der Waals surface area contributed by atoms with Crippen molar-refractivity contribution in [3.05, 3.63) is 40.4 Å². The fourth-order valence-electron chi connectivity index (χ4n) is 1.92. The first-order valence-electron chi connectivity index (χ1n) is 5.22. The number of hydrogen-bond donors (Lipinski definition) is 0. The Bertz CT molecular complexity index is 346. The third-order valence-corrected chi connectivity index (χ3v) is 3.22. The molecule has 0 amide bonds. The largest absolute Gasteiger partial charge is 0.0888 e. The van der Waals surface area contributed by atoms with E-state index in [1.165, 1.54) is 29.5 Å². The maximum absolute atomic E-state index is 6.24. The quantitative estimate of drug-likeness (QED) is 0.634. The molecule has 0 saturated carbocycles. The summed E-state index contributed by atoms with van der Waals surface area (Å²) in [6, 6.07) is 8.67. The topological polar surface area (TPSA) is 0 Å². The van der Waals surface area contributed by atoms with E-state index in [0.717, 1.165) is 17.9 Å². The van der Waals surface area contributed by atoms with Crippen LogP contribution >= 0.6 is 11.6 Å². The Morgan fingerprint density at radius 1 is 1.00 bits per heavy atom. The zero-order valence-electron chi connectivity index (χ0n) is 8.52. The molecule has 0 radical (unpaired) electrons. The molecule has 0 fully saturated rings. The van der Waals surface area contributed by atoms with Gasteiger partial charge in [0.2, 0.25) is 0 Å². The summed E-state index contributed by atoms with van der Waals surface area (Å²) in [5.41, 5.74) is 3.97. The predicted molar refractivity (Wildman–Crippen MR) is 62.4 cm³/mol. The molecule has 0 aliphatic heterocycles. The van der Waals surface area contributed by atoms with Gasteiger partial charge < -0.3 is 0 Å². The maximum Gasteiger partial charge on any atom is 0.0218 e. The average Bonchev–Trinajstić information content (AvgIpc) is 2.20. The van der Waals surface area contributed by atoms with Crippen LogP contribution in [0.5, 0.6) is 0 Å². The number of hydrogen-bond acceptors (Lipinski definition) is 0. The molecule has 1 aliphatic rings. The van der Waals surface area contributed by atoms with Gasteiger partial charge in [0.25, 0.3) is 0 Å². The summed E-state index contributed by atoms with van der Waals surface area (Å²) in [6.45, 7) is 2.11. The molecule has 1 aromatic rings. The number of halogens is 1. The standard InChI is InChI=1S/C13H15Cl/c1-10-6-8-11(9-7-10)12-4-2-3-5-13(12)14/h6-9H,2-5H2,1H3. The fourth-order valence-corrected chi connectivity index (χ4v) is 2.26. The van der Waals surface area contributed by atoms with Crippen molar-refractivity contribution in [3.8, 4) is 0 Å². The van der Waals surface area contributed by atoms with E-state index in [0.29, 0.717) is 0 Å². The van der Waals surface area contributed by atoms with Gasteiger partial charge in [-0.15, -0.1) is 0 Å². The smallest absolute Gasteiger partial charge is 0.0218 e. The first-order chi connectivity index (χ1) is 6.77. The minimum Gasteiger partial charge on any atom is -0.0888 e. The van der Waals surface area contributed by atoms with Crippen LogP contribution < -0.4 is 0 Å². The second-order valence-electron chi connectivity index (χ2n) is 3.96. The van der Waals surface area contributed by atoms with Gasteiger partial charge in [0.15, 0.2) is 0 Å². The van der Waals surface area contributed by atoms with Crippen molar-refractivity contribution in [2.45, 2.75) is 32.6 Å². The van der Waals surface area contributed by atoms with Crippen LogP contribution in [0.1, 0.15) is 36.8 Å². The summed E-state index contributed by atoms with van der Waals surface area (Å²) in [7, 11) is 0. The lowest BCUT2D eigenvalue weighted by atomic mass is 9.93. The van der Waals surface area contributed by atoms with Crippen LogP contribution in [0.4, 0.5) is 0 Å². The van der Waals surface area contributed by atoms with Crippen molar-refractivity contribution in [1.82, 2.24) is 0 Å². The van der Waals surface area contributed by atoms with E-state index < -0.39 is 0 Å². The normalized spacial score (nSPS) is 17.3. The molecule has 0 N–H and O–H groups in total. The van der Waals surface area contributed by atoms with Crippen molar-refractivity contribution in [2.75, 3.05) is 0 Å². The van der Waals surface area contributed by atoms with Crippen LogP contribution in [-0.4, -0.2) is 0 Å². The van der Waals surface area contributed by atoms with E-state index in [1.54, 1.807) is 0 Å². The van der Waals surface area contributed by atoms with Crippen LogP contribution in [0.25, 0.3) is 5.57 Å². The summed E-state index contributed by atoms with van der Waals surface area (Å²) in [4.78, 5) is 0. The highest BCUT2D eigenvalue weighted by Gasteiger charge is 2.12. The monoisotopic (exact) mass is 206 g/mol. The van der Waals surface area contributed by atoms with Crippen molar-refractivity contribution in [2.24, 2.45) is 0 Å². The highest BCUT2D eigenvalue weighted by molar-refractivity contribution is 6.32. The first-order valence-corrected chi connectivity index (χ1v) is 5.60. The van der Waals surface area contributed by atoms with E-state index in [2.05, 4.69) is 31.2 Å². The molecule has 1 aromatic carbocycles. The van der Waals surface area contributed by atoms with Crippen molar-refractivity contribution in [3.63, 3.8) is 0 Å². The number of allylic oxidation sites excluding steroid dienone is 2. The third kappa shape index (κ3) is 2.01. The Labute approximate surface area is 90.6 Å². The van der Waals surface area contributed by atoms with Crippen LogP contribution in [0.2, 0.25) is 0 Å². The molecule has 0 atom stereocenters. The molecule has 0 nitrogen and oxygen atoms in total. The van der Waals surface area contributed by atoms with Crippen LogP contribution in [-0.2, 0) is 0 Å². The molecular formula is C13H15Cl. The van der Waals surface area contributed by atoms with Gasteiger partial charge in [0.05, 0.1) is 0 Å². The van der Waals surface area contributed by atoms with Crippen LogP contribution in [0, 0.1) is 6.92 Å². The SMILES string of the molecule is Cc1ccc(C2=C(Cl)CCCC2)cc1. The highest BCUT2D eigenvalue weighted by Crippen LogP contribution is 2.34. The molecule has 14 heavy (non-hydrogen) atoms. The zero-order valence-corrected chi connectivity index (χ0v) is 9.27. The lowest BCUT2D eigenvalue weighted by Gasteiger charge is -2.16. The van der Waals surface area contributed by atoms with Crippen LogP contribution in [0.3, 0.4) is 0 Å². The predicted octanol–water partition coefficient (Wildman–Crippen LogP) is 4.52. The molecule has 0 unspecified atom stereocenters. The molecule has 1 heteroatoms. The Morgan fingerprint density at radius 3 is 2.29 bits per heavy atom. The van der Waals surface area contributed by atoms with Gasteiger partial charge in [-0.1, -0.05) is 41.4 Å². The average molecular weight is 207 g/mol. The highest BCUT2D eigenvalue weighted by atomic mass is 35.5. The summed E-state index contributed by atoms with van der Waals surface area (Å²) < 4.78 is 0. The van der Waals surface area contributed by atoms with Crippen molar-refractivity contribution in [1.29, 1.82) is 0 Å². The molecule has 0 saturated heterocycles. The molecule has 0 spiro atoms. The number of aryl methyl sites for hydroxylation is 1. The molecular weight excluding hydrogens is 192 g/mol. The molecule has 0 aromatic heterocycles. The Morgan fingerprint density at radius 2 is 1.64 bits per heavy atom. The van der Waals surface area contributed by atoms with Gasteiger partial charge in [0, 0.05) is 5.03 Å². The molecule has 1 aliphatic carbocycles. The lowest BCUT2D eigenvalue weighted by Crippen LogP contribution is -1.95. The number of benzene rings is 1. The first kappa shape index (κ1) is 9.79. The molecule has 2 rings (SSSR count). The second-order valence-corrected chi connectivity index (χ2v) is 4.41. The van der Waals surface area contributed by atoms with Crippen molar-refractivity contribution >= 4 is 17.2 Å². The van der Waals surface area contributed by atoms with Gasteiger partial charge in [0.1, 0.15) is 0 Å². The Balaban J connectivity index is 2.34. The summed E-state index contributed by atoms with van der Waals surface area (Å²) in [5, 5.41) is 1.07. The minimum atomic E-state index is 1.06. The molecule has 74 valence electrons. The minimum absolute atomic E-state index is 1.06.